The van der Waals surface area contributed by atoms with Crippen molar-refractivity contribution in [1.29, 1.82) is 0 Å². The van der Waals surface area contributed by atoms with Gasteiger partial charge in [-0.25, -0.2) is 4.79 Å². The number of rotatable bonds is 8. The molecule has 1 aromatic carbocycles. The molecule has 146 valence electrons. The Labute approximate surface area is 157 Å². The summed E-state index contributed by atoms with van der Waals surface area (Å²) in [7, 11) is 3.69. The van der Waals surface area contributed by atoms with Crippen LogP contribution in [0.5, 0.6) is 0 Å². The molecule has 1 aromatic rings. The first-order valence-electron chi connectivity index (χ1n) is 9.03. The van der Waals surface area contributed by atoms with E-state index in [1.54, 1.807) is 11.9 Å². The summed E-state index contributed by atoms with van der Waals surface area (Å²) in [4.78, 5) is 20.3. The van der Waals surface area contributed by atoms with Gasteiger partial charge in [-0.2, -0.15) is 0 Å². The maximum atomic E-state index is 12.3. The summed E-state index contributed by atoms with van der Waals surface area (Å²) in [5, 5.41) is 0. The Morgan fingerprint density at radius 1 is 1.19 bits per heavy atom. The Morgan fingerprint density at radius 3 is 2.38 bits per heavy atom. The second-order valence-corrected chi connectivity index (χ2v) is 7.09. The number of nitrogens with zero attached hydrogens (tertiary/aromatic N) is 3. The van der Waals surface area contributed by atoms with E-state index in [9.17, 15) is 4.79 Å². The van der Waals surface area contributed by atoms with Gasteiger partial charge in [-0.05, 0) is 33.3 Å². The zero-order valence-electron chi connectivity index (χ0n) is 17.0. The van der Waals surface area contributed by atoms with E-state index in [2.05, 4.69) is 4.99 Å². The van der Waals surface area contributed by atoms with E-state index >= 15 is 0 Å². The van der Waals surface area contributed by atoms with Gasteiger partial charge in [-0.1, -0.05) is 30.3 Å². The highest BCUT2D eigenvalue weighted by Gasteiger charge is 2.22. The average Bonchev–Trinajstić information content (AvgIpc) is 2.59. The third kappa shape index (κ3) is 8.34. The number of hydrogen-bond donors (Lipinski definition) is 0. The first kappa shape index (κ1) is 22.0. The fourth-order valence-electron chi connectivity index (χ4n) is 2.26. The largest absolute Gasteiger partial charge is 0.444 e. The van der Waals surface area contributed by atoms with Crippen molar-refractivity contribution in [3.63, 3.8) is 0 Å². The molecule has 0 fully saturated rings. The Bertz CT molecular complexity index is 567. The van der Waals surface area contributed by atoms with Crippen LogP contribution in [-0.2, 0) is 16.1 Å². The number of benzene rings is 1. The number of ether oxygens (including phenoxy) is 2. The van der Waals surface area contributed by atoms with Gasteiger partial charge in [0.2, 0.25) is 0 Å². The number of aliphatic imine (C=N–C) groups is 1. The Morgan fingerprint density at radius 2 is 1.85 bits per heavy atom. The van der Waals surface area contributed by atoms with E-state index in [-0.39, 0.29) is 6.09 Å². The SMILES string of the molecule is CCN(CC(=NC)N(C)CCOCc1ccccc1)C(=O)OC(C)(C)C. The van der Waals surface area contributed by atoms with Gasteiger partial charge in [-0.15, -0.1) is 0 Å². The lowest BCUT2D eigenvalue weighted by Crippen LogP contribution is -2.44. The molecular weight excluding hydrogens is 330 g/mol. The number of carbonyl (C=O) groups is 1. The van der Waals surface area contributed by atoms with Crippen LogP contribution in [0.3, 0.4) is 0 Å². The molecule has 6 nitrogen and oxygen atoms in total. The average molecular weight is 364 g/mol. The highest BCUT2D eigenvalue weighted by Crippen LogP contribution is 2.10. The minimum atomic E-state index is -0.509. The predicted octanol–water partition coefficient (Wildman–Crippen LogP) is 3.42. The van der Waals surface area contributed by atoms with Crippen LogP contribution in [0.2, 0.25) is 0 Å². The van der Waals surface area contributed by atoms with Crippen molar-refractivity contribution in [2.45, 2.75) is 39.9 Å². The molecule has 0 aliphatic carbocycles. The number of amides is 1. The zero-order chi connectivity index (χ0) is 19.6. The van der Waals surface area contributed by atoms with E-state index in [1.807, 2.05) is 70.0 Å². The van der Waals surface area contributed by atoms with Gasteiger partial charge in [0, 0.05) is 27.2 Å². The van der Waals surface area contributed by atoms with Gasteiger partial charge < -0.3 is 19.3 Å². The molecule has 0 heterocycles. The molecule has 1 rings (SSSR count). The molecule has 0 spiro atoms. The van der Waals surface area contributed by atoms with Gasteiger partial charge in [0.25, 0.3) is 0 Å². The summed E-state index contributed by atoms with van der Waals surface area (Å²) in [6, 6.07) is 10.1. The van der Waals surface area contributed by atoms with E-state index in [1.165, 1.54) is 0 Å². The maximum absolute atomic E-state index is 12.3. The van der Waals surface area contributed by atoms with Crippen molar-refractivity contribution in [2.75, 3.05) is 40.3 Å². The number of likely N-dealkylation sites (N-methyl/N-ethyl adjacent to an activating group) is 2. The summed E-state index contributed by atoms with van der Waals surface area (Å²) in [6.07, 6.45) is -0.324. The van der Waals surface area contributed by atoms with Crippen LogP contribution in [0.15, 0.2) is 35.3 Å². The van der Waals surface area contributed by atoms with Crippen molar-refractivity contribution in [3.05, 3.63) is 35.9 Å². The second kappa shape index (κ2) is 10.8. The van der Waals surface area contributed by atoms with Gasteiger partial charge in [-0.3, -0.25) is 4.99 Å². The highest BCUT2D eigenvalue weighted by molar-refractivity contribution is 5.86. The first-order valence-corrected chi connectivity index (χ1v) is 9.03. The Balaban J connectivity index is 2.46. The van der Waals surface area contributed by atoms with Gasteiger partial charge in [0.1, 0.15) is 11.4 Å². The molecule has 0 aliphatic heterocycles. The summed E-state index contributed by atoms with van der Waals surface area (Å²) in [6.45, 7) is 10.4. The number of carbonyl (C=O) groups excluding carboxylic acids is 1. The topological polar surface area (TPSA) is 54.4 Å². The number of amidine groups is 1. The lowest BCUT2D eigenvalue weighted by Gasteiger charge is -2.29. The van der Waals surface area contributed by atoms with Crippen LogP contribution in [-0.4, -0.2) is 67.7 Å². The van der Waals surface area contributed by atoms with Crippen molar-refractivity contribution in [3.8, 4) is 0 Å². The molecule has 0 radical (unpaired) electrons. The summed E-state index contributed by atoms with van der Waals surface area (Å²) in [5.74, 6) is 0.820. The van der Waals surface area contributed by atoms with Crippen LogP contribution in [0.25, 0.3) is 0 Å². The summed E-state index contributed by atoms with van der Waals surface area (Å²) >= 11 is 0. The molecule has 0 unspecified atom stereocenters. The van der Waals surface area contributed by atoms with E-state index in [0.29, 0.717) is 32.8 Å². The lowest BCUT2D eigenvalue weighted by atomic mass is 10.2. The fourth-order valence-corrected chi connectivity index (χ4v) is 2.26. The van der Waals surface area contributed by atoms with E-state index in [0.717, 1.165) is 11.4 Å². The molecule has 0 bridgehead atoms. The van der Waals surface area contributed by atoms with Crippen LogP contribution in [0.1, 0.15) is 33.3 Å². The predicted molar refractivity (Wildman–Crippen MR) is 106 cm³/mol. The Kier molecular flexibility index (Phi) is 9.13. The van der Waals surface area contributed by atoms with Crippen molar-refractivity contribution < 1.29 is 14.3 Å². The van der Waals surface area contributed by atoms with Crippen molar-refractivity contribution in [1.82, 2.24) is 9.80 Å². The van der Waals surface area contributed by atoms with Crippen LogP contribution in [0.4, 0.5) is 4.79 Å². The van der Waals surface area contributed by atoms with E-state index < -0.39 is 5.60 Å². The molecular formula is C20H33N3O3. The third-order valence-corrected chi connectivity index (χ3v) is 3.75. The summed E-state index contributed by atoms with van der Waals surface area (Å²) in [5.41, 5.74) is 0.646. The van der Waals surface area contributed by atoms with Crippen LogP contribution in [0, 0.1) is 0 Å². The lowest BCUT2D eigenvalue weighted by molar-refractivity contribution is 0.0284. The minimum absolute atomic E-state index is 0.324. The molecule has 6 heteroatoms. The molecule has 0 aromatic heterocycles. The molecule has 0 atom stereocenters. The quantitative estimate of drug-likeness (QED) is 0.403. The first-order chi connectivity index (χ1) is 12.3. The highest BCUT2D eigenvalue weighted by atomic mass is 16.6. The summed E-state index contributed by atoms with van der Waals surface area (Å²) < 4.78 is 11.2. The third-order valence-electron chi connectivity index (χ3n) is 3.75. The van der Waals surface area contributed by atoms with Crippen LogP contribution < -0.4 is 0 Å². The second-order valence-electron chi connectivity index (χ2n) is 7.09. The fraction of sp³-hybridized carbons (Fsp3) is 0.600. The van der Waals surface area contributed by atoms with Gasteiger partial charge in [0.15, 0.2) is 0 Å². The van der Waals surface area contributed by atoms with Crippen LogP contribution >= 0.6 is 0 Å². The monoisotopic (exact) mass is 363 g/mol. The molecule has 0 saturated carbocycles. The normalized spacial score (nSPS) is 12.0. The Hall–Kier alpha value is -2.08. The number of hydrogen-bond acceptors (Lipinski definition) is 4. The molecule has 0 N–H and O–H groups in total. The van der Waals surface area contributed by atoms with Crippen molar-refractivity contribution in [2.24, 2.45) is 4.99 Å². The molecule has 0 saturated heterocycles. The molecule has 26 heavy (non-hydrogen) atoms. The standard InChI is InChI=1S/C20H33N3O3/c1-7-23(19(24)26-20(2,3)4)15-18(21-5)22(6)13-14-25-16-17-11-9-8-10-12-17/h8-12H,7,13-16H2,1-6H3. The zero-order valence-corrected chi connectivity index (χ0v) is 17.0. The van der Waals surface area contributed by atoms with Gasteiger partial charge in [0.05, 0.1) is 19.8 Å². The molecule has 0 aliphatic rings. The molecule has 1 amide bonds. The smallest absolute Gasteiger partial charge is 0.410 e. The van der Waals surface area contributed by atoms with E-state index in [4.69, 9.17) is 9.47 Å². The van der Waals surface area contributed by atoms with Gasteiger partial charge >= 0.3 is 6.09 Å². The van der Waals surface area contributed by atoms with Crippen molar-refractivity contribution >= 4 is 11.9 Å². The maximum Gasteiger partial charge on any atom is 0.410 e. The minimum Gasteiger partial charge on any atom is -0.444 e.